The fourth-order valence-electron chi connectivity index (χ4n) is 1.14. The molecular weight excluding hydrogens is 291 g/mol. The van der Waals surface area contributed by atoms with Gasteiger partial charge < -0.3 is 4.74 Å². The number of hydrogen-bond acceptors (Lipinski definition) is 2. The van der Waals surface area contributed by atoms with Gasteiger partial charge >= 0.3 is 5.97 Å². The molecule has 0 radical (unpaired) electrons. The van der Waals surface area contributed by atoms with Crippen LogP contribution in [0.3, 0.4) is 0 Å². The highest BCUT2D eigenvalue weighted by molar-refractivity contribution is 14.1. The van der Waals surface area contributed by atoms with Gasteiger partial charge in [0.25, 0.3) is 0 Å². The number of hydrogen-bond donors (Lipinski definition) is 0. The van der Waals surface area contributed by atoms with Crippen LogP contribution in [-0.4, -0.2) is 10.6 Å². The van der Waals surface area contributed by atoms with Gasteiger partial charge in [-0.3, -0.25) is 0 Å². The maximum Gasteiger partial charge on any atom is 0.338 e. The Morgan fingerprint density at radius 1 is 1.36 bits per heavy atom. The van der Waals surface area contributed by atoms with Crippen molar-refractivity contribution >= 4 is 28.6 Å². The van der Waals surface area contributed by atoms with Gasteiger partial charge in [0, 0.05) is 0 Å². The monoisotopic (exact) mass is 304 g/mol. The SMILES string of the molecule is CC(C)c1ccc(C(=O)OCI)cc1. The second-order valence-electron chi connectivity index (χ2n) is 3.32. The third kappa shape index (κ3) is 2.97. The van der Waals surface area contributed by atoms with Crippen LogP contribution in [0.1, 0.15) is 35.7 Å². The first kappa shape index (κ1) is 11.5. The molecule has 0 atom stereocenters. The normalized spacial score (nSPS) is 10.3. The Morgan fingerprint density at radius 3 is 2.36 bits per heavy atom. The molecule has 1 rings (SSSR count). The van der Waals surface area contributed by atoms with Crippen LogP contribution in [0.2, 0.25) is 0 Å². The van der Waals surface area contributed by atoms with Crippen molar-refractivity contribution in [1.29, 1.82) is 0 Å². The minimum Gasteiger partial charge on any atom is -0.451 e. The van der Waals surface area contributed by atoms with Gasteiger partial charge in [0.2, 0.25) is 0 Å². The second-order valence-corrected chi connectivity index (χ2v) is 3.94. The standard InChI is InChI=1S/C11H13IO2/c1-8(2)9-3-5-10(6-4-9)11(13)14-7-12/h3-6,8H,7H2,1-2H3. The number of carbonyl (C=O) groups excluding carboxylic acids is 1. The van der Waals surface area contributed by atoms with Gasteiger partial charge in [0.05, 0.1) is 5.56 Å². The van der Waals surface area contributed by atoms with E-state index in [0.29, 0.717) is 16.1 Å². The minimum absolute atomic E-state index is 0.255. The van der Waals surface area contributed by atoms with Crippen LogP contribution in [0.4, 0.5) is 0 Å². The quantitative estimate of drug-likeness (QED) is 0.486. The lowest BCUT2D eigenvalue weighted by atomic mass is 10.0. The van der Waals surface area contributed by atoms with Crippen molar-refractivity contribution in [3.63, 3.8) is 0 Å². The van der Waals surface area contributed by atoms with Gasteiger partial charge in [-0.15, -0.1) is 0 Å². The lowest BCUT2D eigenvalue weighted by Gasteiger charge is -2.05. The largest absolute Gasteiger partial charge is 0.451 e. The van der Waals surface area contributed by atoms with Gasteiger partial charge in [-0.2, -0.15) is 0 Å². The number of halogens is 1. The highest BCUT2D eigenvalue weighted by Gasteiger charge is 2.06. The topological polar surface area (TPSA) is 26.3 Å². The summed E-state index contributed by atoms with van der Waals surface area (Å²) in [5.41, 5.74) is 1.85. The number of ether oxygens (including phenoxy) is 1. The number of esters is 1. The summed E-state index contributed by atoms with van der Waals surface area (Å²) in [5, 5.41) is 0. The molecule has 0 amide bonds. The highest BCUT2D eigenvalue weighted by atomic mass is 127. The Labute approximate surface area is 97.8 Å². The molecule has 0 saturated heterocycles. The fourth-order valence-corrected chi connectivity index (χ4v) is 1.42. The van der Waals surface area contributed by atoms with Crippen molar-refractivity contribution in [3.05, 3.63) is 35.4 Å². The van der Waals surface area contributed by atoms with Crippen molar-refractivity contribution in [2.75, 3.05) is 4.61 Å². The first-order chi connectivity index (χ1) is 6.65. The summed E-state index contributed by atoms with van der Waals surface area (Å²) in [5.74, 6) is 0.236. The van der Waals surface area contributed by atoms with Crippen molar-refractivity contribution in [2.45, 2.75) is 19.8 Å². The van der Waals surface area contributed by atoms with E-state index in [1.54, 1.807) is 0 Å². The molecule has 76 valence electrons. The van der Waals surface area contributed by atoms with E-state index in [-0.39, 0.29) is 5.97 Å². The second kappa shape index (κ2) is 5.34. The molecule has 0 unspecified atom stereocenters. The zero-order valence-corrected chi connectivity index (χ0v) is 10.4. The molecule has 14 heavy (non-hydrogen) atoms. The zero-order chi connectivity index (χ0) is 10.6. The lowest BCUT2D eigenvalue weighted by molar-refractivity contribution is 0.0590. The maximum absolute atomic E-state index is 11.3. The summed E-state index contributed by atoms with van der Waals surface area (Å²) in [6, 6.07) is 7.55. The van der Waals surface area contributed by atoms with E-state index in [2.05, 4.69) is 13.8 Å². The third-order valence-corrected chi connectivity index (χ3v) is 2.31. The predicted molar refractivity (Wildman–Crippen MR) is 64.8 cm³/mol. The van der Waals surface area contributed by atoms with Crippen molar-refractivity contribution in [3.8, 4) is 0 Å². The first-order valence-electron chi connectivity index (χ1n) is 4.48. The van der Waals surface area contributed by atoms with Crippen LogP contribution in [0.5, 0.6) is 0 Å². The van der Waals surface area contributed by atoms with Crippen LogP contribution in [-0.2, 0) is 4.74 Å². The summed E-state index contributed by atoms with van der Waals surface area (Å²) in [7, 11) is 0. The van der Waals surface area contributed by atoms with Gasteiger partial charge in [0.1, 0.15) is 4.61 Å². The number of benzene rings is 1. The third-order valence-electron chi connectivity index (χ3n) is 2.00. The molecule has 0 aliphatic rings. The Kier molecular flexibility index (Phi) is 4.38. The molecule has 1 aromatic rings. The summed E-state index contributed by atoms with van der Waals surface area (Å²) in [4.78, 5) is 11.3. The minimum atomic E-state index is -0.255. The van der Waals surface area contributed by atoms with Gasteiger partial charge in [0.15, 0.2) is 0 Å². The zero-order valence-electron chi connectivity index (χ0n) is 8.29. The molecule has 0 heterocycles. The molecular formula is C11H13IO2. The smallest absolute Gasteiger partial charge is 0.338 e. The van der Waals surface area contributed by atoms with E-state index in [1.807, 2.05) is 46.9 Å². The average molecular weight is 304 g/mol. The van der Waals surface area contributed by atoms with Crippen molar-refractivity contribution in [2.24, 2.45) is 0 Å². The van der Waals surface area contributed by atoms with Crippen LogP contribution in [0.25, 0.3) is 0 Å². The fraction of sp³-hybridized carbons (Fsp3) is 0.364. The Bertz CT molecular complexity index is 304. The predicted octanol–water partition coefficient (Wildman–Crippen LogP) is 3.36. The van der Waals surface area contributed by atoms with Gasteiger partial charge in [-0.05, 0) is 46.2 Å². The summed E-state index contributed by atoms with van der Waals surface area (Å²) in [6.45, 7) is 4.25. The molecule has 0 N–H and O–H groups in total. The van der Waals surface area contributed by atoms with Crippen LogP contribution < -0.4 is 0 Å². The number of rotatable bonds is 3. The van der Waals surface area contributed by atoms with Gasteiger partial charge in [-0.1, -0.05) is 26.0 Å². The van der Waals surface area contributed by atoms with Crippen molar-refractivity contribution < 1.29 is 9.53 Å². The molecule has 0 spiro atoms. The molecule has 0 bridgehead atoms. The Morgan fingerprint density at radius 2 is 1.93 bits per heavy atom. The van der Waals surface area contributed by atoms with Crippen LogP contribution >= 0.6 is 22.6 Å². The lowest BCUT2D eigenvalue weighted by Crippen LogP contribution is -2.03. The van der Waals surface area contributed by atoms with E-state index >= 15 is 0 Å². The molecule has 0 aliphatic carbocycles. The van der Waals surface area contributed by atoms with Crippen LogP contribution in [0, 0.1) is 0 Å². The summed E-state index contributed by atoms with van der Waals surface area (Å²) >= 11 is 2.00. The Balaban J connectivity index is 2.78. The van der Waals surface area contributed by atoms with Gasteiger partial charge in [-0.25, -0.2) is 4.79 Å². The molecule has 0 aliphatic heterocycles. The molecule has 0 saturated carbocycles. The Hall–Kier alpha value is -0.580. The number of alkyl halides is 1. The average Bonchev–Trinajstić information content (AvgIpc) is 2.18. The molecule has 0 aromatic heterocycles. The number of carbonyl (C=O) groups is 1. The van der Waals surface area contributed by atoms with E-state index in [4.69, 9.17) is 4.74 Å². The molecule has 2 nitrogen and oxygen atoms in total. The molecule has 0 fully saturated rings. The maximum atomic E-state index is 11.3. The van der Waals surface area contributed by atoms with Crippen molar-refractivity contribution in [1.82, 2.24) is 0 Å². The highest BCUT2D eigenvalue weighted by Crippen LogP contribution is 2.15. The van der Waals surface area contributed by atoms with E-state index < -0.39 is 0 Å². The molecule has 1 aromatic carbocycles. The van der Waals surface area contributed by atoms with E-state index in [0.717, 1.165) is 0 Å². The van der Waals surface area contributed by atoms with Crippen LogP contribution in [0.15, 0.2) is 24.3 Å². The summed E-state index contributed by atoms with van der Waals surface area (Å²) < 4.78 is 5.27. The van der Waals surface area contributed by atoms with E-state index in [1.165, 1.54) is 5.56 Å². The summed E-state index contributed by atoms with van der Waals surface area (Å²) in [6.07, 6.45) is 0. The first-order valence-corrected chi connectivity index (χ1v) is 6.00. The molecule has 3 heteroatoms. The van der Waals surface area contributed by atoms with E-state index in [9.17, 15) is 4.79 Å².